The number of aromatic nitrogens is 1. The van der Waals surface area contributed by atoms with E-state index in [1.54, 1.807) is 6.20 Å². The first-order valence-electron chi connectivity index (χ1n) is 17.1. The van der Waals surface area contributed by atoms with Gasteiger partial charge in [-0.15, -0.1) is 5.11 Å². The predicted molar refractivity (Wildman–Crippen MR) is 185 cm³/mol. The Hall–Kier alpha value is -3.17. The van der Waals surface area contributed by atoms with Crippen LogP contribution in [0.25, 0.3) is 0 Å². The first-order chi connectivity index (χ1) is 21.6. The molecule has 0 bridgehead atoms. The molecule has 4 atom stereocenters. The molecule has 1 fully saturated rings. The molecule has 4 aliphatic rings. The Balaban J connectivity index is 1.23. The fraction of sp³-hybridized carbons (Fsp3) is 0.639. The Morgan fingerprint density at radius 2 is 1.89 bits per heavy atom. The molecule has 9 heteroatoms. The number of anilines is 2. The van der Waals surface area contributed by atoms with Gasteiger partial charge in [-0.3, -0.25) is 19.7 Å². The number of carbonyl (C=O) groups is 1. The number of rotatable bonds is 8. The molecule has 4 unspecified atom stereocenters. The molecule has 9 nitrogen and oxygen atoms in total. The van der Waals surface area contributed by atoms with Gasteiger partial charge in [-0.25, -0.2) is 5.01 Å². The van der Waals surface area contributed by atoms with Crippen LogP contribution in [0.5, 0.6) is 0 Å². The van der Waals surface area contributed by atoms with Crippen LogP contribution in [0.1, 0.15) is 72.9 Å². The van der Waals surface area contributed by atoms with E-state index in [2.05, 4.69) is 90.3 Å². The average molecular weight is 615 g/mol. The zero-order chi connectivity index (χ0) is 32.1. The van der Waals surface area contributed by atoms with E-state index in [4.69, 9.17) is 4.99 Å². The van der Waals surface area contributed by atoms with E-state index in [1.807, 2.05) is 18.0 Å². The normalized spacial score (nSPS) is 27.3. The first kappa shape index (κ1) is 33.2. The lowest BCUT2D eigenvalue weighted by molar-refractivity contribution is -0.112. The summed E-state index contributed by atoms with van der Waals surface area (Å²) in [5.74, 6) is 2.33. The molecule has 0 aromatic carbocycles. The Morgan fingerprint density at radius 1 is 1.11 bits per heavy atom. The lowest BCUT2D eigenvalue weighted by atomic mass is 9.72. The summed E-state index contributed by atoms with van der Waals surface area (Å²) in [5.41, 5.74) is 6.61. The summed E-state index contributed by atoms with van der Waals surface area (Å²) >= 11 is 0. The van der Waals surface area contributed by atoms with Crippen molar-refractivity contribution in [1.82, 2.24) is 14.8 Å². The van der Waals surface area contributed by atoms with Crippen LogP contribution in [0.15, 0.2) is 62.2 Å². The van der Waals surface area contributed by atoms with Crippen LogP contribution in [0.3, 0.4) is 0 Å². The zero-order valence-corrected chi connectivity index (χ0v) is 28.6. The van der Waals surface area contributed by atoms with E-state index in [9.17, 15) is 4.79 Å². The number of aliphatic imine (C=N–C) groups is 1. The standard InChI is InChI=1S/C36H54N8O/c1-8-11-42-12-14-43(15-13-42)32-18-30(20-37-22-32)34-23-44(41-40-34)35-19-31(21-38-28(35)7)39-36(45)29-10-9-26(5)33(17-25(4)16-29)27(6)24(2)3/h10,16,19,21-22,24,26-27,32-33H,8-9,11-15,17-18,20,23H2,1-7H3,(H,39,45)/b25-16?,29-10?,34-30-. The van der Waals surface area contributed by atoms with Crippen molar-refractivity contribution in [2.75, 3.05) is 56.1 Å². The molecular weight excluding hydrogens is 560 g/mol. The number of carbonyl (C=O) groups excluding carboxylic acids is 1. The molecule has 1 aliphatic carbocycles. The van der Waals surface area contributed by atoms with E-state index < -0.39 is 0 Å². The summed E-state index contributed by atoms with van der Waals surface area (Å²) in [5, 5.41) is 14.1. The van der Waals surface area contributed by atoms with Crippen LogP contribution in [0.2, 0.25) is 0 Å². The third-order valence-electron chi connectivity index (χ3n) is 10.4. The van der Waals surface area contributed by atoms with E-state index in [0.717, 1.165) is 68.1 Å². The van der Waals surface area contributed by atoms with Crippen LogP contribution in [0, 0.1) is 30.6 Å². The molecule has 0 radical (unpaired) electrons. The number of pyridine rings is 1. The molecule has 0 spiro atoms. The number of aryl methyl sites for hydroxylation is 1. The smallest absolute Gasteiger partial charge is 0.255 e. The van der Waals surface area contributed by atoms with Crippen molar-refractivity contribution in [2.45, 2.75) is 80.2 Å². The number of nitrogens with one attached hydrogen (secondary N) is 1. The highest BCUT2D eigenvalue weighted by molar-refractivity contribution is 6.06. The van der Waals surface area contributed by atoms with Gasteiger partial charge in [0, 0.05) is 44.0 Å². The molecule has 1 amide bonds. The number of allylic oxidation sites excluding steroid dienone is 2. The van der Waals surface area contributed by atoms with Crippen molar-refractivity contribution in [3.8, 4) is 0 Å². The summed E-state index contributed by atoms with van der Waals surface area (Å²) in [6, 6.07) is 2.29. The van der Waals surface area contributed by atoms with Crippen LogP contribution < -0.4 is 10.3 Å². The molecule has 45 heavy (non-hydrogen) atoms. The maximum absolute atomic E-state index is 13.5. The Kier molecular flexibility index (Phi) is 11.0. The Labute approximate surface area is 270 Å². The largest absolute Gasteiger partial charge is 0.321 e. The van der Waals surface area contributed by atoms with Crippen molar-refractivity contribution in [3.05, 3.63) is 52.5 Å². The monoisotopic (exact) mass is 614 g/mol. The van der Waals surface area contributed by atoms with Gasteiger partial charge in [0.05, 0.1) is 42.1 Å². The van der Waals surface area contributed by atoms with E-state index in [0.29, 0.717) is 48.5 Å². The van der Waals surface area contributed by atoms with E-state index in [-0.39, 0.29) is 5.91 Å². The molecule has 244 valence electrons. The zero-order valence-electron chi connectivity index (χ0n) is 28.6. The second-order valence-corrected chi connectivity index (χ2v) is 14.1. The highest BCUT2D eigenvalue weighted by Crippen LogP contribution is 2.36. The average Bonchev–Trinajstić information content (AvgIpc) is 3.52. The van der Waals surface area contributed by atoms with Crippen LogP contribution >= 0.6 is 0 Å². The maximum Gasteiger partial charge on any atom is 0.255 e. The van der Waals surface area contributed by atoms with Gasteiger partial charge in [0.1, 0.15) is 0 Å². The van der Waals surface area contributed by atoms with Crippen molar-refractivity contribution in [1.29, 1.82) is 0 Å². The van der Waals surface area contributed by atoms with Gasteiger partial charge < -0.3 is 10.2 Å². The topological polar surface area (TPSA) is 88.8 Å². The molecule has 1 aromatic rings. The SMILES string of the molecule is CCCN1CCN(C2C=NC/C(=C3/CN(c4cc(NC(=O)C5=CCC(C)C(C(C)C(C)C)CC(C)=C5)cnc4C)N=N3)C2)CC1. The maximum atomic E-state index is 13.5. The summed E-state index contributed by atoms with van der Waals surface area (Å²) in [4.78, 5) is 27.9. The van der Waals surface area contributed by atoms with Crippen molar-refractivity contribution in [3.63, 3.8) is 0 Å². The number of piperazine rings is 1. The number of nitrogens with zero attached hydrogens (tertiary/aromatic N) is 7. The van der Waals surface area contributed by atoms with Gasteiger partial charge in [-0.05, 0) is 81.4 Å². The minimum absolute atomic E-state index is 0.0963. The molecule has 1 aromatic heterocycles. The van der Waals surface area contributed by atoms with Gasteiger partial charge in [-0.2, -0.15) is 0 Å². The lowest BCUT2D eigenvalue weighted by Crippen LogP contribution is -2.51. The van der Waals surface area contributed by atoms with Crippen LogP contribution in [-0.4, -0.2) is 78.8 Å². The molecule has 1 saturated heterocycles. The summed E-state index contributed by atoms with van der Waals surface area (Å²) in [6.07, 6.45) is 12.1. The quantitative estimate of drug-likeness (QED) is 0.346. The van der Waals surface area contributed by atoms with E-state index >= 15 is 0 Å². The minimum atomic E-state index is -0.0963. The second-order valence-electron chi connectivity index (χ2n) is 14.1. The molecule has 5 rings (SSSR count). The molecule has 4 heterocycles. The van der Waals surface area contributed by atoms with E-state index in [1.165, 1.54) is 24.1 Å². The molecular formula is C36H54N8O. The predicted octanol–water partition coefficient (Wildman–Crippen LogP) is 6.85. The lowest BCUT2D eigenvalue weighted by Gasteiger charge is -2.39. The molecule has 3 aliphatic heterocycles. The molecule has 1 N–H and O–H groups in total. The van der Waals surface area contributed by atoms with Gasteiger partial charge >= 0.3 is 0 Å². The number of amides is 1. The fourth-order valence-corrected chi connectivity index (χ4v) is 7.21. The minimum Gasteiger partial charge on any atom is -0.321 e. The van der Waals surface area contributed by atoms with Crippen molar-refractivity contribution >= 4 is 23.5 Å². The Morgan fingerprint density at radius 3 is 2.62 bits per heavy atom. The highest BCUT2D eigenvalue weighted by Gasteiger charge is 2.29. The van der Waals surface area contributed by atoms with Crippen molar-refractivity contribution in [2.24, 2.45) is 39.0 Å². The van der Waals surface area contributed by atoms with Crippen LogP contribution in [-0.2, 0) is 4.79 Å². The van der Waals surface area contributed by atoms with Gasteiger partial charge in [0.2, 0.25) is 0 Å². The van der Waals surface area contributed by atoms with Gasteiger partial charge in [0.15, 0.2) is 0 Å². The summed E-state index contributed by atoms with van der Waals surface area (Å²) in [7, 11) is 0. The van der Waals surface area contributed by atoms with Gasteiger partial charge in [-0.1, -0.05) is 57.6 Å². The van der Waals surface area contributed by atoms with Crippen molar-refractivity contribution < 1.29 is 4.79 Å². The highest BCUT2D eigenvalue weighted by atomic mass is 16.1. The third kappa shape index (κ3) is 8.17. The molecule has 0 saturated carbocycles. The van der Waals surface area contributed by atoms with Crippen LogP contribution in [0.4, 0.5) is 11.4 Å². The van der Waals surface area contributed by atoms with Gasteiger partial charge in [0.25, 0.3) is 5.91 Å². The third-order valence-corrected chi connectivity index (χ3v) is 10.4. The summed E-state index contributed by atoms with van der Waals surface area (Å²) < 4.78 is 0. The first-order valence-corrected chi connectivity index (χ1v) is 17.1. The fourth-order valence-electron chi connectivity index (χ4n) is 7.21. The number of hydrogen-bond donors (Lipinski definition) is 1. The second kappa shape index (κ2) is 14.9. The summed E-state index contributed by atoms with van der Waals surface area (Å²) in [6.45, 7) is 22.6. The number of hydrogen-bond acceptors (Lipinski definition) is 8. The Bertz CT molecular complexity index is 1370.